The summed E-state index contributed by atoms with van der Waals surface area (Å²) in [5.41, 5.74) is 6.19. The van der Waals surface area contributed by atoms with E-state index in [1.807, 2.05) is 6.07 Å². The molecule has 14 heavy (non-hydrogen) atoms. The molecular weight excluding hydrogens is 244 g/mol. The number of hydrogen-bond acceptors (Lipinski definition) is 3. The van der Waals surface area contributed by atoms with Gasteiger partial charge in [-0.2, -0.15) is 0 Å². The number of ketones is 1. The fourth-order valence-corrected chi connectivity index (χ4v) is 1.74. The molecular formula is C10H11BrN2O. The Kier molecular flexibility index (Phi) is 2.41. The van der Waals surface area contributed by atoms with Gasteiger partial charge in [0.05, 0.1) is 5.54 Å². The van der Waals surface area contributed by atoms with Crippen molar-refractivity contribution in [3.05, 3.63) is 28.5 Å². The molecule has 0 unspecified atom stereocenters. The second-order valence-corrected chi connectivity index (χ2v) is 4.68. The number of nitrogens with two attached hydrogens (primary N) is 1. The smallest absolute Gasteiger partial charge is 0.157 e. The van der Waals surface area contributed by atoms with Gasteiger partial charge in [0.25, 0.3) is 0 Å². The van der Waals surface area contributed by atoms with Crippen LogP contribution in [-0.4, -0.2) is 16.3 Å². The van der Waals surface area contributed by atoms with Crippen LogP contribution in [0.1, 0.15) is 18.4 Å². The summed E-state index contributed by atoms with van der Waals surface area (Å²) in [6.45, 7) is 0. The molecule has 0 spiro atoms. The van der Waals surface area contributed by atoms with Crippen LogP contribution in [0.5, 0.6) is 0 Å². The highest BCUT2D eigenvalue weighted by Crippen LogP contribution is 2.34. The minimum atomic E-state index is -0.525. The number of pyridine rings is 1. The van der Waals surface area contributed by atoms with E-state index < -0.39 is 5.54 Å². The minimum Gasteiger partial charge on any atom is -0.319 e. The lowest BCUT2D eigenvalue weighted by Gasteiger charge is -2.06. The number of aromatic nitrogens is 1. The lowest BCUT2D eigenvalue weighted by Crippen LogP contribution is -2.34. The molecule has 1 aliphatic rings. The van der Waals surface area contributed by atoms with E-state index in [1.54, 1.807) is 12.4 Å². The van der Waals surface area contributed by atoms with Gasteiger partial charge >= 0.3 is 0 Å². The number of carbonyl (C=O) groups excluding carboxylic acids is 1. The van der Waals surface area contributed by atoms with Gasteiger partial charge in [0.15, 0.2) is 5.78 Å². The predicted octanol–water partition coefficient (Wildman–Crippen LogP) is 1.45. The molecule has 4 heteroatoms. The van der Waals surface area contributed by atoms with E-state index in [0.717, 1.165) is 22.9 Å². The number of Topliss-reactive ketones (excluding diaryl/α,β-unsaturated/α-hetero) is 1. The third-order valence-electron chi connectivity index (χ3n) is 2.47. The lowest BCUT2D eigenvalue weighted by molar-refractivity contribution is -0.120. The third kappa shape index (κ3) is 2.01. The highest BCUT2D eigenvalue weighted by atomic mass is 79.9. The van der Waals surface area contributed by atoms with Gasteiger partial charge in [-0.25, -0.2) is 0 Å². The van der Waals surface area contributed by atoms with Crippen molar-refractivity contribution < 1.29 is 4.79 Å². The Morgan fingerprint density at radius 1 is 1.57 bits per heavy atom. The fraction of sp³-hybridized carbons (Fsp3) is 0.400. The predicted molar refractivity (Wildman–Crippen MR) is 56.8 cm³/mol. The maximum Gasteiger partial charge on any atom is 0.157 e. The first kappa shape index (κ1) is 9.80. The summed E-state index contributed by atoms with van der Waals surface area (Å²) in [6, 6.07) is 1.90. The van der Waals surface area contributed by atoms with E-state index in [0.29, 0.717) is 6.42 Å². The molecule has 0 saturated heterocycles. The van der Waals surface area contributed by atoms with Crippen molar-refractivity contribution in [2.45, 2.75) is 24.8 Å². The number of nitrogens with zero attached hydrogens (tertiary/aromatic N) is 1. The highest BCUT2D eigenvalue weighted by Gasteiger charge is 2.44. The molecule has 1 aliphatic carbocycles. The van der Waals surface area contributed by atoms with Crippen LogP contribution in [-0.2, 0) is 11.2 Å². The Bertz CT molecular complexity index is 374. The van der Waals surface area contributed by atoms with Gasteiger partial charge < -0.3 is 5.73 Å². The van der Waals surface area contributed by atoms with Gasteiger partial charge in [-0.1, -0.05) is 0 Å². The number of rotatable bonds is 3. The Hall–Kier alpha value is -0.740. The minimum absolute atomic E-state index is 0.123. The number of hydrogen-bond donors (Lipinski definition) is 1. The van der Waals surface area contributed by atoms with Crippen molar-refractivity contribution in [1.82, 2.24) is 4.98 Å². The molecule has 74 valence electrons. The first-order valence-corrected chi connectivity index (χ1v) is 5.31. The molecule has 0 amide bonds. The summed E-state index contributed by atoms with van der Waals surface area (Å²) in [5.74, 6) is 0.123. The van der Waals surface area contributed by atoms with Gasteiger partial charge in [-0.3, -0.25) is 9.78 Å². The SMILES string of the molecule is NC1(C(=O)Cc2cncc(Br)c2)CC1. The van der Waals surface area contributed by atoms with E-state index in [4.69, 9.17) is 5.73 Å². The van der Waals surface area contributed by atoms with E-state index in [-0.39, 0.29) is 5.78 Å². The molecule has 0 aliphatic heterocycles. The second kappa shape index (κ2) is 3.44. The van der Waals surface area contributed by atoms with Crippen LogP contribution < -0.4 is 5.73 Å². The quantitative estimate of drug-likeness (QED) is 0.889. The molecule has 0 aromatic carbocycles. The molecule has 0 atom stereocenters. The largest absolute Gasteiger partial charge is 0.319 e. The lowest BCUT2D eigenvalue weighted by atomic mass is 10.0. The highest BCUT2D eigenvalue weighted by molar-refractivity contribution is 9.10. The van der Waals surface area contributed by atoms with Crippen LogP contribution in [0.15, 0.2) is 22.9 Å². The second-order valence-electron chi connectivity index (χ2n) is 3.77. The van der Waals surface area contributed by atoms with Crippen LogP contribution >= 0.6 is 15.9 Å². The molecule has 2 rings (SSSR count). The Morgan fingerprint density at radius 2 is 2.29 bits per heavy atom. The zero-order valence-corrected chi connectivity index (χ0v) is 9.25. The van der Waals surface area contributed by atoms with Gasteiger partial charge in [-0.15, -0.1) is 0 Å². The van der Waals surface area contributed by atoms with Crippen molar-refractivity contribution >= 4 is 21.7 Å². The van der Waals surface area contributed by atoms with Crippen LogP contribution in [0.3, 0.4) is 0 Å². The summed E-state index contributed by atoms with van der Waals surface area (Å²) >= 11 is 3.31. The van der Waals surface area contributed by atoms with Crippen LogP contribution in [0, 0.1) is 0 Å². The van der Waals surface area contributed by atoms with E-state index >= 15 is 0 Å². The molecule has 0 bridgehead atoms. The zero-order valence-electron chi connectivity index (χ0n) is 7.66. The van der Waals surface area contributed by atoms with Crippen molar-refractivity contribution in [2.24, 2.45) is 5.73 Å². The van der Waals surface area contributed by atoms with E-state index in [1.165, 1.54) is 0 Å². The maximum atomic E-state index is 11.6. The first-order chi connectivity index (χ1) is 6.60. The summed E-state index contributed by atoms with van der Waals surface area (Å²) in [4.78, 5) is 15.6. The van der Waals surface area contributed by atoms with Crippen LogP contribution in [0.2, 0.25) is 0 Å². The molecule has 3 nitrogen and oxygen atoms in total. The van der Waals surface area contributed by atoms with Crippen molar-refractivity contribution in [3.8, 4) is 0 Å². The van der Waals surface area contributed by atoms with Crippen molar-refractivity contribution in [1.29, 1.82) is 0 Å². The third-order valence-corrected chi connectivity index (χ3v) is 2.90. The monoisotopic (exact) mass is 254 g/mol. The molecule has 1 fully saturated rings. The topological polar surface area (TPSA) is 56.0 Å². The van der Waals surface area contributed by atoms with E-state index in [9.17, 15) is 4.79 Å². The summed E-state index contributed by atoms with van der Waals surface area (Å²) in [5, 5.41) is 0. The molecule has 2 N–H and O–H groups in total. The zero-order chi connectivity index (χ0) is 10.2. The molecule has 1 heterocycles. The summed E-state index contributed by atoms with van der Waals surface area (Å²) in [6.07, 6.45) is 5.45. The molecule has 1 saturated carbocycles. The number of halogens is 1. The Balaban J connectivity index is 2.07. The van der Waals surface area contributed by atoms with Crippen molar-refractivity contribution in [2.75, 3.05) is 0 Å². The average Bonchev–Trinajstić information content (AvgIpc) is 2.85. The fourth-order valence-electron chi connectivity index (χ4n) is 1.33. The Labute approximate surface area is 90.8 Å². The van der Waals surface area contributed by atoms with E-state index in [2.05, 4.69) is 20.9 Å². The summed E-state index contributed by atoms with van der Waals surface area (Å²) < 4.78 is 0.893. The van der Waals surface area contributed by atoms with Gasteiger partial charge in [0.1, 0.15) is 0 Å². The van der Waals surface area contributed by atoms with Crippen molar-refractivity contribution in [3.63, 3.8) is 0 Å². The van der Waals surface area contributed by atoms with Gasteiger partial charge in [0.2, 0.25) is 0 Å². The average molecular weight is 255 g/mol. The number of carbonyl (C=O) groups is 1. The molecule has 0 radical (unpaired) electrons. The molecule has 1 aromatic rings. The summed E-state index contributed by atoms with van der Waals surface area (Å²) in [7, 11) is 0. The van der Waals surface area contributed by atoms with Gasteiger partial charge in [-0.05, 0) is 40.4 Å². The first-order valence-electron chi connectivity index (χ1n) is 4.52. The Morgan fingerprint density at radius 3 is 2.86 bits per heavy atom. The van der Waals surface area contributed by atoms with Crippen LogP contribution in [0.4, 0.5) is 0 Å². The standard InChI is InChI=1S/C10H11BrN2O/c11-8-3-7(5-13-6-8)4-9(14)10(12)1-2-10/h3,5-6H,1-2,4,12H2. The van der Waals surface area contributed by atoms with Gasteiger partial charge in [0, 0.05) is 23.3 Å². The normalized spacial score (nSPS) is 17.9. The maximum absolute atomic E-state index is 11.6. The molecule has 1 aromatic heterocycles. The van der Waals surface area contributed by atoms with Crippen LogP contribution in [0.25, 0.3) is 0 Å².